The Balaban J connectivity index is 2.49. The highest BCUT2D eigenvalue weighted by molar-refractivity contribution is 7.86. The largest absolute Gasteiger partial charge is 0.378 e. The van der Waals surface area contributed by atoms with Gasteiger partial charge in [0.2, 0.25) is 0 Å². The van der Waals surface area contributed by atoms with Crippen molar-refractivity contribution in [2.45, 2.75) is 25.5 Å². The second-order valence-electron chi connectivity index (χ2n) is 5.86. The van der Waals surface area contributed by atoms with E-state index in [4.69, 9.17) is 0 Å². The minimum atomic E-state index is -0.941. The van der Waals surface area contributed by atoms with Crippen LogP contribution in [0.2, 0.25) is 0 Å². The van der Waals surface area contributed by atoms with Crippen LogP contribution in [0.15, 0.2) is 24.3 Å². The highest BCUT2D eigenvalue weighted by Gasteiger charge is 2.18. The van der Waals surface area contributed by atoms with E-state index < -0.39 is 10.8 Å². The molecular formula is C15H24N2O2S. The molecule has 1 atom stereocenters. The van der Waals surface area contributed by atoms with Gasteiger partial charge in [-0.15, -0.1) is 0 Å². The first-order chi connectivity index (χ1) is 9.21. The number of rotatable bonds is 5. The van der Waals surface area contributed by atoms with Gasteiger partial charge in [-0.05, 0) is 45.0 Å². The van der Waals surface area contributed by atoms with Gasteiger partial charge in [0.05, 0.1) is 0 Å². The SMILES string of the molecule is CN(C)c1ccc(C(=O)NCCS(=O)C(C)(C)C)cc1. The molecule has 112 valence electrons. The number of nitrogens with zero attached hydrogens (tertiary/aromatic N) is 1. The molecule has 4 nitrogen and oxygen atoms in total. The fraction of sp³-hybridized carbons (Fsp3) is 0.533. The van der Waals surface area contributed by atoms with Gasteiger partial charge in [0, 0.05) is 53.2 Å². The number of carbonyl (C=O) groups is 1. The van der Waals surface area contributed by atoms with Crippen molar-refractivity contribution < 1.29 is 9.00 Å². The summed E-state index contributed by atoms with van der Waals surface area (Å²) in [5.41, 5.74) is 1.67. The molecule has 0 aliphatic rings. The summed E-state index contributed by atoms with van der Waals surface area (Å²) in [6, 6.07) is 7.40. The van der Waals surface area contributed by atoms with Crippen LogP contribution in [0.5, 0.6) is 0 Å². The van der Waals surface area contributed by atoms with E-state index in [1.165, 1.54) is 0 Å². The van der Waals surface area contributed by atoms with Crippen molar-refractivity contribution in [3.8, 4) is 0 Å². The fourth-order valence-corrected chi connectivity index (χ4v) is 2.48. The molecule has 0 aliphatic heterocycles. The fourth-order valence-electron chi connectivity index (χ4n) is 1.58. The third kappa shape index (κ3) is 4.96. The van der Waals surface area contributed by atoms with Gasteiger partial charge in [0.1, 0.15) is 0 Å². The zero-order valence-electron chi connectivity index (χ0n) is 12.9. The normalized spacial score (nSPS) is 12.8. The summed E-state index contributed by atoms with van der Waals surface area (Å²) in [5, 5.41) is 2.81. The van der Waals surface area contributed by atoms with Crippen molar-refractivity contribution in [1.82, 2.24) is 5.32 Å². The summed E-state index contributed by atoms with van der Waals surface area (Å²) >= 11 is 0. The minimum Gasteiger partial charge on any atom is -0.378 e. The maximum atomic E-state index is 11.9. The van der Waals surface area contributed by atoms with Crippen molar-refractivity contribution in [2.75, 3.05) is 31.3 Å². The van der Waals surface area contributed by atoms with Crippen molar-refractivity contribution >= 4 is 22.4 Å². The smallest absolute Gasteiger partial charge is 0.251 e. The Morgan fingerprint density at radius 1 is 1.20 bits per heavy atom. The molecule has 1 N–H and O–H groups in total. The van der Waals surface area contributed by atoms with Crippen molar-refractivity contribution in [3.05, 3.63) is 29.8 Å². The van der Waals surface area contributed by atoms with Gasteiger partial charge in [-0.1, -0.05) is 0 Å². The number of amides is 1. The monoisotopic (exact) mass is 296 g/mol. The molecule has 1 amide bonds. The van der Waals surface area contributed by atoms with E-state index in [-0.39, 0.29) is 10.7 Å². The topological polar surface area (TPSA) is 49.4 Å². The van der Waals surface area contributed by atoms with Crippen LogP contribution < -0.4 is 10.2 Å². The molecule has 0 bridgehead atoms. The summed E-state index contributed by atoms with van der Waals surface area (Å²) in [4.78, 5) is 13.9. The average molecular weight is 296 g/mol. The first-order valence-corrected chi connectivity index (χ1v) is 7.98. The molecule has 0 heterocycles. The maximum absolute atomic E-state index is 11.9. The molecule has 1 aromatic carbocycles. The number of nitrogens with one attached hydrogen (secondary N) is 1. The predicted molar refractivity (Wildman–Crippen MR) is 85.9 cm³/mol. The summed E-state index contributed by atoms with van der Waals surface area (Å²) in [6.45, 7) is 6.23. The van der Waals surface area contributed by atoms with E-state index in [9.17, 15) is 9.00 Å². The Bertz CT molecular complexity index is 476. The average Bonchev–Trinajstić information content (AvgIpc) is 2.37. The maximum Gasteiger partial charge on any atom is 0.251 e. The van der Waals surface area contributed by atoms with Crippen LogP contribution in [0, 0.1) is 0 Å². The summed E-state index contributed by atoms with van der Waals surface area (Å²) in [7, 11) is 2.97. The van der Waals surface area contributed by atoms with Crippen molar-refractivity contribution in [1.29, 1.82) is 0 Å². The van der Waals surface area contributed by atoms with Gasteiger partial charge in [-0.3, -0.25) is 9.00 Å². The molecule has 1 aromatic rings. The molecule has 1 rings (SSSR count). The molecule has 5 heteroatoms. The number of hydrogen-bond donors (Lipinski definition) is 1. The van der Waals surface area contributed by atoms with E-state index in [1.54, 1.807) is 12.1 Å². The van der Waals surface area contributed by atoms with Gasteiger partial charge in [0.15, 0.2) is 0 Å². The highest BCUT2D eigenvalue weighted by Crippen LogP contribution is 2.12. The van der Waals surface area contributed by atoms with Crippen LogP contribution in [-0.2, 0) is 10.8 Å². The molecular weight excluding hydrogens is 272 g/mol. The lowest BCUT2D eigenvalue weighted by Gasteiger charge is -2.17. The van der Waals surface area contributed by atoms with Crippen LogP contribution in [0.25, 0.3) is 0 Å². The summed E-state index contributed by atoms with van der Waals surface area (Å²) in [5.74, 6) is 0.353. The summed E-state index contributed by atoms with van der Waals surface area (Å²) in [6.07, 6.45) is 0. The van der Waals surface area contributed by atoms with E-state index in [1.807, 2.05) is 51.9 Å². The Labute approximate surface area is 124 Å². The number of anilines is 1. The predicted octanol–water partition coefficient (Wildman–Crippen LogP) is 2.03. The van der Waals surface area contributed by atoms with Gasteiger partial charge < -0.3 is 10.2 Å². The third-order valence-electron chi connectivity index (χ3n) is 2.90. The van der Waals surface area contributed by atoms with E-state index in [2.05, 4.69) is 5.32 Å². The van der Waals surface area contributed by atoms with E-state index in [0.29, 0.717) is 17.9 Å². The minimum absolute atomic E-state index is 0.124. The molecule has 1 unspecified atom stereocenters. The van der Waals surface area contributed by atoms with E-state index >= 15 is 0 Å². The number of benzene rings is 1. The van der Waals surface area contributed by atoms with Crippen LogP contribution >= 0.6 is 0 Å². The Morgan fingerprint density at radius 2 is 1.75 bits per heavy atom. The Hall–Kier alpha value is -1.36. The molecule has 0 aromatic heterocycles. The first kappa shape index (κ1) is 16.7. The molecule has 0 spiro atoms. The molecule has 0 saturated carbocycles. The van der Waals surface area contributed by atoms with Gasteiger partial charge in [-0.2, -0.15) is 0 Å². The van der Waals surface area contributed by atoms with Gasteiger partial charge in [0.25, 0.3) is 5.91 Å². The third-order valence-corrected chi connectivity index (χ3v) is 4.84. The van der Waals surface area contributed by atoms with Crippen molar-refractivity contribution in [2.24, 2.45) is 0 Å². The molecule has 0 radical (unpaired) electrons. The lowest BCUT2D eigenvalue weighted by atomic mass is 10.2. The van der Waals surface area contributed by atoms with Gasteiger partial charge >= 0.3 is 0 Å². The lowest BCUT2D eigenvalue weighted by Crippen LogP contribution is -2.32. The Morgan fingerprint density at radius 3 is 2.20 bits per heavy atom. The van der Waals surface area contributed by atoms with Crippen LogP contribution in [0.4, 0.5) is 5.69 Å². The van der Waals surface area contributed by atoms with Crippen LogP contribution in [0.1, 0.15) is 31.1 Å². The standard InChI is InChI=1S/C15H24N2O2S/c1-15(2,3)20(19)11-10-16-14(18)12-6-8-13(9-7-12)17(4)5/h6-9H,10-11H2,1-5H3,(H,16,18). The van der Waals surface area contributed by atoms with E-state index in [0.717, 1.165) is 5.69 Å². The second kappa shape index (κ2) is 6.88. The quantitative estimate of drug-likeness (QED) is 0.904. The number of carbonyl (C=O) groups excluding carboxylic acids is 1. The van der Waals surface area contributed by atoms with Gasteiger partial charge in [-0.25, -0.2) is 0 Å². The summed E-state index contributed by atoms with van der Waals surface area (Å²) < 4.78 is 11.6. The molecule has 0 aliphatic carbocycles. The first-order valence-electron chi connectivity index (χ1n) is 6.66. The van der Waals surface area contributed by atoms with Crippen LogP contribution in [-0.4, -0.2) is 41.3 Å². The zero-order chi connectivity index (χ0) is 15.3. The lowest BCUT2D eigenvalue weighted by molar-refractivity contribution is 0.0956. The molecule has 20 heavy (non-hydrogen) atoms. The highest BCUT2D eigenvalue weighted by atomic mass is 32.2. The molecule has 0 fully saturated rings. The second-order valence-corrected chi connectivity index (χ2v) is 8.18. The Kier molecular flexibility index (Phi) is 5.74. The molecule has 0 saturated heterocycles. The van der Waals surface area contributed by atoms with Crippen molar-refractivity contribution in [3.63, 3.8) is 0 Å². The van der Waals surface area contributed by atoms with Crippen LogP contribution in [0.3, 0.4) is 0 Å². The zero-order valence-corrected chi connectivity index (χ0v) is 13.7. The number of hydrogen-bond acceptors (Lipinski definition) is 3.